The summed E-state index contributed by atoms with van der Waals surface area (Å²) in [5, 5.41) is 2.30. The zero-order valence-electron chi connectivity index (χ0n) is 12.2. The van der Waals surface area contributed by atoms with E-state index in [-0.39, 0.29) is 18.4 Å². The van der Waals surface area contributed by atoms with Gasteiger partial charge in [0.15, 0.2) is 0 Å². The lowest BCUT2D eigenvalue weighted by atomic mass is 10.0. The third-order valence-corrected chi connectivity index (χ3v) is 3.01. The average Bonchev–Trinajstić information content (AvgIpc) is 2.35. The van der Waals surface area contributed by atoms with Gasteiger partial charge < -0.3 is 10.5 Å². The van der Waals surface area contributed by atoms with Crippen LogP contribution in [0.4, 0.5) is 0 Å². The molecule has 0 bridgehead atoms. The predicted molar refractivity (Wildman–Crippen MR) is 81.3 cm³/mol. The fraction of sp³-hybridized carbons (Fsp3) is 0.353. The van der Waals surface area contributed by atoms with Crippen LogP contribution in [-0.4, -0.2) is 11.6 Å². The predicted octanol–water partition coefficient (Wildman–Crippen LogP) is 3.57. The van der Waals surface area contributed by atoms with Crippen LogP contribution in [0.3, 0.4) is 0 Å². The largest absolute Gasteiger partial charge is 0.460 e. The second-order valence-electron chi connectivity index (χ2n) is 6.00. The third kappa shape index (κ3) is 3.81. The van der Waals surface area contributed by atoms with E-state index in [4.69, 9.17) is 10.5 Å². The number of carbonyl (C=O) groups is 1. The highest BCUT2D eigenvalue weighted by Crippen LogP contribution is 2.22. The first-order valence-electron chi connectivity index (χ1n) is 6.81. The fourth-order valence-corrected chi connectivity index (χ4v) is 2.12. The molecule has 2 rings (SSSR count). The van der Waals surface area contributed by atoms with Crippen molar-refractivity contribution in [2.45, 2.75) is 38.8 Å². The molecule has 0 amide bonds. The maximum absolute atomic E-state index is 11.8. The molecule has 3 nitrogen and oxygen atoms in total. The van der Waals surface area contributed by atoms with Crippen molar-refractivity contribution in [3.63, 3.8) is 0 Å². The molecule has 1 atom stereocenters. The Balaban J connectivity index is 2.11. The van der Waals surface area contributed by atoms with E-state index in [0.29, 0.717) is 0 Å². The fourth-order valence-electron chi connectivity index (χ4n) is 2.12. The highest BCUT2D eigenvalue weighted by Gasteiger charge is 2.19. The number of nitrogens with two attached hydrogens (primary N) is 1. The molecule has 3 heteroatoms. The van der Waals surface area contributed by atoms with Gasteiger partial charge in [-0.2, -0.15) is 0 Å². The van der Waals surface area contributed by atoms with Crippen molar-refractivity contribution >= 4 is 16.7 Å². The zero-order chi connectivity index (χ0) is 14.8. The van der Waals surface area contributed by atoms with Crippen molar-refractivity contribution < 1.29 is 9.53 Å². The molecule has 2 N–H and O–H groups in total. The summed E-state index contributed by atoms with van der Waals surface area (Å²) in [6.07, 6.45) is 0.190. The van der Waals surface area contributed by atoms with Gasteiger partial charge in [-0.25, -0.2) is 0 Å². The molecule has 2 aromatic rings. The number of rotatable bonds is 3. The molecule has 0 saturated heterocycles. The lowest BCUT2D eigenvalue weighted by molar-refractivity contribution is -0.155. The standard InChI is InChI=1S/C17H21NO2/c1-17(2,3)20-16(19)11-15(18)14-9-8-12-6-4-5-7-13(12)10-14/h4-10,15H,11,18H2,1-3H3. The number of ether oxygens (including phenoxy) is 1. The molecule has 106 valence electrons. The van der Waals surface area contributed by atoms with E-state index < -0.39 is 5.60 Å². The van der Waals surface area contributed by atoms with E-state index in [0.717, 1.165) is 10.9 Å². The summed E-state index contributed by atoms with van der Waals surface area (Å²) in [5.74, 6) is -0.266. The summed E-state index contributed by atoms with van der Waals surface area (Å²) in [7, 11) is 0. The minimum atomic E-state index is -0.472. The number of benzene rings is 2. The molecule has 0 aliphatic carbocycles. The van der Waals surface area contributed by atoms with Crippen LogP contribution in [0.15, 0.2) is 42.5 Å². The number of hydrogen-bond acceptors (Lipinski definition) is 3. The van der Waals surface area contributed by atoms with Gasteiger partial charge in [0, 0.05) is 6.04 Å². The van der Waals surface area contributed by atoms with Crippen LogP contribution in [0, 0.1) is 0 Å². The summed E-state index contributed by atoms with van der Waals surface area (Å²) < 4.78 is 5.30. The topological polar surface area (TPSA) is 52.3 Å². The van der Waals surface area contributed by atoms with Gasteiger partial charge >= 0.3 is 5.97 Å². The molecular weight excluding hydrogens is 250 g/mol. The maximum Gasteiger partial charge on any atom is 0.308 e. The molecule has 2 aromatic carbocycles. The van der Waals surface area contributed by atoms with E-state index >= 15 is 0 Å². The van der Waals surface area contributed by atoms with Crippen molar-refractivity contribution in [3.05, 3.63) is 48.0 Å². The number of esters is 1. The molecule has 0 saturated carbocycles. The SMILES string of the molecule is CC(C)(C)OC(=O)CC(N)c1ccc2ccccc2c1. The van der Waals surface area contributed by atoms with Crippen LogP contribution in [0.5, 0.6) is 0 Å². The molecule has 0 heterocycles. The summed E-state index contributed by atoms with van der Waals surface area (Å²) in [6.45, 7) is 5.56. The van der Waals surface area contributed by atoms with Crippen molar-refractivity contribution in [2.24, 2.45) is 5.73 Å². The van der Waals surface area contributed by atoms with Crippen molar-refractivity contribution in [1.29, 1.82) is 0 Å². The second kappa shape index (κ2) is 5.63. The average molecular weight is 271 g/mol. The summed E-state index contributed by atoms with van der Waals surface area (Å²) in [5.41, 5.74) is 6.59. The highest BCUT2D eigenvalue weighted by molar-refractivity contribution is 5.83. The zero-order valence-corrected chi connectivity index (χ0v) is 12.2. The van der Waals surface area contributed by atoms with Crippen LogP contribution in [-0.2, 0) is 9.53 Å². The van der Waals surface area contributed by atoms with Crippen molar-refractivity contribution in [1.82, 2.24) is 0 Å². The molecule has 0 aromatic heterocycles. The quantitative estimate of drug-likeness (QED) is 0.868. The molecule has 20 heavy (non-hydrogen) atoms. The van der Waals surface area contributed by atoms with Gasteiger partial charge in [-0.05, 0) is 43.2 Å². The first-order chi connectivity index (χ1) is 9.35. The minimum absolute atomic E-state index is 0.190. The summed E-state index contributed by atoms with van der Waals surface area (Å²) in [6, 6.07) is 13.8. The molecule has 1 unspecified atom stereocenters. The molecule has 0 radical (unpaired) electrons. The molecule has 0 spiro atoms. The Hall–Kier alpha value is -1.87. The Labute approximate surface area is 119 Å². The minimum Gasteiger partial charge on any atom is -0.460 e. The summed E-state index contributed by atoms with van der Waals surface area (Å²) >= 11 is 0. The first kappa shape index (κ1) is 14.5. The van der Waals surface area contributed by atoms with Gasteiger partial charge in [0.05, 0.1) is 6.42 Å². The third-order valence-electron chi connectivity index (χ3n) is 3.01. The Bertz CT molecular complexity index is 614. The van der Waals surface area contributed by atoms with E-state index in [1.54, 1.807) is 0 Å². The monoisotopic (exact) mass is 271 g/mol. The molecule has 0 aliphatic rings. The number of fused-ring (bicyclic) bond motifs is 1. The first-order valence-corrected chi connectivity index (χ1v) is 6.81. The van der Waals surface area contributed by atoms with Gasteiger partial charge in [0.1, 0.15) is 5.60 Å². The van der Waals surface area contributed by atoms with Crippen molar-refractivity contribution in [2.75, 3.05) is 0 Å². The molecular formula is C17H21NO2. The van der Waals surface area contributed by atoms with E-state index in [2.05, 4.69) is 6.07 Å². The Morgan fingerprint density at radius 1 is 1.15 bits per heavy atom. The van der Waals surface area contributed by atoms with Crippen LogP contribution in [0.1, 0.15) is 38.8 Å². The maximum atomic E-state index is 11.8. The van der Waals surface area contributed by atoms with Gasteiger partial charge in [0.2, 0.25) is 0 Å². The van der Waals surface area contributed by atoms with E-state index in [1.807, 2.05) is 57.2 Å². The molecule has 0 aliphatic heterocycles. The van der Waals surface area contributed by atoms with E-state index in [9.17, 15) is 4.79 Å². The highest BCUT2D eigenvalue weighted by atomic mass is 16.6. The van der Waals surface area contributed by atoms with Gasteiger partial charge in [-0.1, -0.05) is 36.4 Å². The lowest BCUT2D eigenvalue weighted by Gasteiger charge is -2.21. The van der Waals surface area contributed by atoms with Gasteiger partial charge in [-0.3, -0.25) is 4.79 Å². The van der Waals surface area contributed by atoms with Crippen molar-refractivity contribution in [3.8, 4) is 0 Å². The Morgan fingerprint density at radius 2 is 1.80 bits per heavy atom. The molecule has 0 fully saturated rings. The van der Waals surface area contributed by atoms with Crippen LogP contribution in [0.25, 0.3) is 10.8 Å². The smallest absolute Gasteiger partial charge is 0.308 e. The number of carbonyl (C=O) groups excluding carboxylic acids is 1. The van der Waals surface area contributed by atoms with Gasteiger partial charge in [0.25, 0.3) is 0 Å². The Morgan fingerprint density at radius 3 is 2.45 bits per heavy atom. The number of hydrogen-bond donors (Lipinski definition) is 1. The van der Waals surface area contributed by atoms with Crippen LogP contribution >= 0.6 is 0 Å². The normalized spacial score (nSPS) is 13.2. The second-order valence-corrected chi connectivity index (χ2v) is 6.00. The Kier molecular flexibility index (Phi) is 4.09. The van der Waals surface area contributed by atoms with Gasteiger partial charge in [-0.15, -0.1) is 0 Å². The van der Waals surface area contributed by atoms with Crippen LogP contribution < -0.4 is 5.73 Å². The summed E-state index contributed by atoms with van der Waals surface area (Å²) in [4.78, 5) is 11.8. The lowest BCUT2D eigenvalue weighted by Crippen LogP contribution is -2.26. The van der Waals surface area contributed by atoms with E-state index in [1.165, 1.54) is 5.39 Å². The van der Waals surface area contributed by atoms with Crippen LogP contribution in [0.2, 0.25) is 0 Å².